The van der Waals surface area contributed by atoms with E-state index in [9.17, 15) is 0 Å². The van der Waals surface area contributed by atoms with Crippen molar-refractivity contribution in [2.45, 2.75) is 0 Å². The summed E-state index contributed by atoms with van der Waals surface area (Å²) in [5.41, 5.74) is 4.77. The SMILES string of the molecule is Clc1ccc(-c2ccc(-c3ccccc3Br)cc2)cc1. The summed E-state index contributed by atoms with van der Waals surface area (Å²) in [5, 5.41) is 0.763. The summed E-state index contributed by atoms with van der Waals surface area (Å²) < 4.78 is 1.11. The molecule has 98 valence electrons. The van der Waals surface area contributed by atoms with E-state index in [0.29, 0.717) is 0 Å². The van der Waals surface area contributed by atoms with Gasteiger partial charge in [0.2, 0.25) is 0 Å². The Morgan fingerprint density at radius 1 is 0.600 bits per heavy atom. The Morgan fingerprint density at radius 3 is 1.70 bits per heavy atom. The maximum Gasteiger partial charge on any atom is 0.0406 e. The van der Waals surface area contributed by atoms with Crippen molar-refractivity contribution in [1.82, 2.24) is 0 Å². The first-order chi connectivity index (χ1) is 9.74. The molecule has 0 unspecified atom stereocenters. The molecule has 0 bridgehead atoms. The van der Waals surface area contributed by atoms with Crippen LogP contribution >= 0.6 is 27.5 Å². The van der Waals surface area contributed by atoms with Crippen LogP contribution in [0.15, 0.2) is 77.3 Å². The van der Waals surface area contributed by atoms with E-state index in [1.54, 1.807) is 0 Å². The van der Waals surface area contributed by atoms with Crippen molar-refractivity contribution >= 4 is 27.5 Å². The fraction of sp³-hybridized carbons (Fsp3) is 0. The first-order valence-electron chi connectivity index (χ1n) is 6.35. The van der Waals surface area contributed by atoms with Crippen LogP contribution in [0.4, 0.5) is 0 Å². The first-order valence-corrected chi connectivity index (χ1v) is 7.52. The molecule has 0 N–H and O–H groups in total. The van der Waals surface area contributed by atoms with Crippen molar-refractivity contribution in [3.05, 3.63) is 82.3 Å². The minimum absolute atomic E-state index is 0.763. The van der Waals surface area contributed by atoms with E-state index in [4.69, 9.17) is 11.6 Å². The predicted molar refractivity (Wildman–Crippen MR) is 90.0 cm³/mol. The molecule has 0 aromatic heterocycles. The van der Waals surface area contributed by atoms with E-state index in [0.717, 1.165) is 9.50 Å². The van der Waals surface area contributed by atoms with Crippen molar-refractivity contribution in [3.63, 3.8) is 0 Å². The number of rotatable bonds is 2. The van der Waals surface area contributed by atoms with Gasteiger partial charge in [-0.3, -0.25) is 0 Å². The lowest BCUT2D eigenvalue weighted by Gasteiger charge is -2.07. The molecule has 2 heteroatoms. The third-order valence-corrected chi connectivity index (χ3v) is 4.19. The van der Waals surface area contributed by atoms with Gasteiger partial charge in [-0.15, -0.1) is 0 Å². The highest BCUT2D eigenvalue weighted by Gasteiger charge is 2.03. The van der Waals surface area contributed by atoms with E-state index >= 15 is 0 Å². The van der Waals surface area contributed by atoms with Gasteiger partial charge in [0, 0.05) is 9.50 Å². The van der Waals surface area contributed by atoms with Gasteiger partial charge >= 0.3 is 0 Å². The maximum atomic E-state index is 5.92. The Hall–Kier alpha value is -1.57. The standard InChI is InChI=1S/C18H12BrCl/c19-18-4-2-1-3-17(18)15-7-5-13(6-8-15)14-9-11-16(20)12-10-14/h1-12H. The highest BCUT2D eigenvalue weighted by Crippen LogP contribution is 2.30. The van der Waals surface area contributed by atoms with Crippen molar-refractivity contribution in [2.24, 2.45) is 0 Å². The van der Waals surface area contributed by atoms with Gasteiger partial charge in [0.25, 0.3) is 0 Å². The van der Waals surface area contributed by atoms with E-state index in [-0.39, 0.29) is 0 Å². The lowest BCUT2D eigenvalue weighted by molar-refractivity contribution is 1.57. The summed E-state index contributed by atoms with van der Waals surface area (Å²) in [7, 11) is 0. The van der Waals surface area contributed by atoms with Gasteiger partial charge < -0.3 is 0 Å². The van der Waals surface area contributed by atoms with Gasteiger partial charge in [-0.1, -0.05) is 82.1 Å². The molecule has 0 aliphatic heterocycles. The summed E-state index contributed by atoms with van der Waals surface area (Å²) in [6.07, 6.45) is 0. The molecule has 0 fully saturated rings. The fourth-order valence-electron chi connectivity index (χ4n) is 2.18. The van der Waals surface area contributed by atoms with E-state index < -0.39 is 0 Å². The zero-order chi connectivity index (χ0) is 13.9. The van der Waals surface area contributed by atoms with Gasteiger partial charge in [-0.25, -0.2) is 0 Å². The van der Waals surface area contributed by atoms with Gasteiger partial charge in [0.1, 0.15) is 0 Å². The Kier molecular flexibility index (Phi) is 3.90. The number of halogens is 2. The molecule has 0 aliphatic carbocycles. The second kappa shape index (κ2) is 5.82. The average molecular weight is 344 g/mol. The summed E-state index contributed by atoms with van der Waals surface area (Å²) in [5.74, 6) is 0. The van der Waals surface area contributed by atoms with Gasteiger partial charge in [0.15, 0.2) is 0 Å². The summed E-state index contributed by atoms with van der Waals surface area (Å²) in [6, 6.07) is 24.7. The lowest BCUT2D eigenvalue weighted by Crippen LogP contribution is -1.81. The van der Waals surface area contributed by atoms with Crippen molar-refractivity contribution in [2.75, 3.05) is 0 Å². The minimum atomic E-state index is 0.763. The minimum Gasteiger partial charge on any atom is -0.0843 e. The monoisotopic (exact) mass is 342 g/mol. The van der Waals surface area contributed by atoms with Crippen LogP contribution in [0.5, 0.6) is 0 Å². The number of hydrogen-bond donors (Lipinski definition) is 0. The molecule has 0 saturated carbocycles. The fourth-order valence-corrected chi connectivity index (χ4v) is 2.82. The summed E-state index contributed by atoms with van der Waals surface area (Å²) >= 11 is 9.51. The molecule has 0 heterocycles. The molecule has 0 amide bonds. The van der Waals surface area contributed by atoms with Gasteiger partial charge in [0.05, 0.1) is 0 Å². The van der Waals surface area contributed by atoms with Crippen molar-refractivity contribution in [3.8, 4) is 22.3 Å². The molecule has 20 heavy (non-hydrogen) atoms. The molecule has 3 rings (SSSR count). The highest BCUT2D eigenvalue weighted by atomic mass is 79.9. The van der Waals surface area contributed by atoms with Crippen LogP contribution < -0.4 is 0 Å². The molecule has 0 atom stereocenters. The van der Waals surface area contributed by atoms with Gasteiger partial charge in [-0.05, 0) is 40.5 Å². The lowest BCUT2D eigenvalue weighted by atomic mass is 10.0. The Bertz CT molecular complexity index is 715. The van der Waals surface area contributed by atoms with Crippen molar-refractivity contribution in [1.29, 1.82) is 0 Å². The molecule has 3 aromatic rings. The van der Waals surface area contributed by atoms with Crippen LogP contribution in [0, 0.1) is 0 Å². The smallest absolute Gasteiger partial charge is 0.0406 e. The zero-order valence-electron chi connectivity index (χ0n) is 10.7. The Balaban J connectivity index is 1.96. The quantitative estimate of drug-likeness (QED) is 0.502. The normalized spacial score (nSPS) is 10.5. The molecular weight excluding hydrogens is 332 g/mol. The van der Waals surface area contributed by atoms with E-state index in [1.165, 1.54) is 22.3 Å². The zero-order valence-corrected chi connectivity index (χ0v) is 13.0. The maximum absolute atomic E-state index is 5.92. The average Bonchev–Trinajstić information content (AvgIpc) is 2.49. The van der Waals surface area contributed by atoms with Crippen LogP contribution in [-0.4, -0.2) is 0 Å². The third-order valence-electron chi connectivity index (χ3n) is 3.25. The molecule has 0 saturated heterocycles. The largest absolute Gasteiger partial charge is 0.0843 e. The Labute approximate surface area is 132 Å². The predicted octanol–water partition coefficient (Wildman–Crippen LogP) is 6.44. The molecule has 0 nitrogen and oxygen atoms in total. The van der Waals surface area contributed by atoms with Crippen LogP contribution in [0.3, 0.4) is 0 Å². The molecule has 0 spiro atoms. The van der Waals surface area contributed by atoms with Crippen molar-refractivity contribution < 1.29 is 0 Å². The number of hydrogen-bond acceptors (Lipinski definition) is 0. The second-order valence-electron chi connectivity index (χ2n) is 4.56. The number of benzene rings is 3. The van der Waals surface area contributed by atoms with Gasteiger partial charge in [-0.2, -0.15) is 0 Å². The van der Waals surface area contributed by atoms with E-state index in [2.05, 4.69) is 52.3 Å². The summed E-state index contributed by atoms with van der Waals surface area (Å²) in [4.78, 5) is 0. The second-order valence-corrected chi connectivity index (χ2v) is 5.85. The summed E-state index contributed by atoms with van der Waals surface area (Å²) in [6.45, 7) is 0. The third kappa shape index (κ3) is 2.79. The molecular formula is C18H12BrCl. The topological polar surface area (TPSA) is 0 Å². The first kappa shape index (κ1) is 13.4. The Morgan fingerprint density at radius 2 is 1.10 bits per heavy atom. The molecule has 3 aromatic carbocycles. The van der Waals surface area contributed by atoms with Crippen LogP contribution in [-0.2, 0) is 0 Å². The van der Waals surface area contributed by atoms with Crippen LogP contribution in [0.25, 0.3) is 22.3 Å². The molecule has 0 aliphatic rings. The highest BCUT2D eigenvalue weighted by molar-refractivity contribution is 9.10. The van der Waals surface area contributed by atoms with E-state index in [1.807, 2.05) is 36.4 Å². The van der Waals surface area contributed by atoms with Crippen LogP contribution in [0.2, 0.25) is 5.02 Å². The molecule has 0 radical (unpaired) electrons. The van der Waals surface area contributed by atoms with Crippen LogP contribution in [0.1, 0.15) is 0 Å².